The number of benzene rings is 1. The van der Waals surface area contributed by atoms with Crippen LogP contribution in [0.4, 0.5) is 0 Å². The first-order valence-corrected chi connectivity index (χ1v) is 8.86. The number of aliphatic hydroxyl groups excluding tert-OH is 1. The molecule has 3 aliphatic heterocycles. The average molecular weight is 407 g/mol. The number of hydrogen-bond acceptors (Lipinski definition) is 9. The number of rotatable bonds is 0. The summed E-state index contributed by atoms with van der Waals surface area (Å²) in [7, 11) is -4.56. The zero-order chi connectivity index (χ0) is 17.5. The van der Waals surface area contributed by atoms with Crippen molar-refractivity contribution in [2.45, 2.75) is 24.4 Å². The minimum atomic E-state index is -4.56. The maximum absolute atomic E-state index is 12.5. The van der Waals surface area contributed by atoms with Crippen LogP contribution < -0.4 is 71.1 Å². The van der Waals surface area contributed by atoms with Crippen molar-refractivity contribution < 1.29 is 94.4 Å². The predicted molar refractivity (Wildman–Crippen MR) is 76.8 cm³/mol. The van der Waals surface area contributed by atoms with Gasteiger partial charge in [-0.25, -0.2) is 0 Å². The molecule has 0 aromatic heterocycles. The average Bonchev–Trinajstić information content (AvgIpc) is 3.12. The zero-order valence-corrected chi connectivity index (χ0v) is 17.4. The number of ether oxygens (including phenoxy) is 2. The summed E-state index contributed by atoms with van der Waals surface area (Å²) in [6, 6.07) is 0.646. The van der Waals surface area contributed by atoms with Gasteiger partial charge in [0.15, 0.2) is 11.5 Å². The molecule has 0 spiro atoms. The smallest absolute Gasteiger partial charge is 0.756 e. The molecular weight excluding hydrogens is 396 g/mol. The topological polar surface area (TPSA) is 147 Å². The van der Waals surface area contributed by atoms with Gasteiger partial charge in [-0.2, -0.15) is 0 Å². The van der Waals surface area contributed by atoms with E-state index in [2.05, 4.69) is 5.32 Å². The van der Waals surface area contributed by atoms with Crippen LogP contribution in [0.15, 0.2) is 12.1 Å². The molecule has 1 saturated heterocycles. The second kappa shape index (κ2) is 6.28. The third-order valence-electron chi connectivity index (χ3n) is 4.64. The summed E-state index contributed by atoms with van der Waals surface area (Å²) in [5.74, 6) is -0.692. The summed E-state index contributed by atoms with van der Waals surface area (Å²) in [4.78, 5) is 24.1. The number of carbonyl (C=O) groups is 1. The van der Waals surface area contributed by atoms with Crippen molar-refractivity contribution in [2.24, 2.45) is 0 Å². The number of aromatic hydroxyl groups is 1. The van der Waals surface area contributed by atoms with Crippen LogP contribution in [-0.4, -0.2) is 47.3 Å². The number of hydrogen-bond donors (Lipinski definition) is 3. The number of phenolic OH excluding ortho intramolecular Hbond substituents is 1. The molecule has 0 bridgehead atoms. The molecule has 1 aromatic rings. The Kier molecular flexibility index (Phi) is 4.56. The fourth-order valence-electron chi connectivity index (χ4n) is 3.62. The maximum atomic E-state index is 12.5. The van der Waals surface area contributed by atoms with Crippen LogP contribution >= 0.6 is 7.82 Å². The third-order valence-corrected chi connectivity index (χ3v) is 5.64. The van der Waals surface area contributed by atoms with Gasteiger partial charge < -0.3 is 38.9 Å². The van der Waals surface area contributed by atoms with Crippen LogP contribution in [-0.2, 0) is 13.6 Å². The minimum Gasteiger partial charge on any atom is -0.756 e. The maximum Gasteiger partial charge on any atom is 1.00 e. The Bertz CT molecular complexity index is 903. The first kappa shape index (κ1) is 18.9. The van der Waals surface area contributed by atoms with Crippen LogP contribution in [0.1, 0.15) is 15.9 Å². The number of aliphatic hydroxyl groups is 1. The van der Waals surface area contributed by atoms with E-state index in [0.717, 1.165) is 0 Å². The van der Waals surface area contributed by atoms with E-state index in [1.807, 2.05) is 0 Å². The number of carbonyl (C=O) groups excluding carboxylic acids is 1. The zero-order valence-electron chi connectivity index (χ0n) is 13.4. The van der Waals surface area contributed by atoms with E-state index in [1.54, 1.807) is 0 Å². The summed E-state index contributed by atoms with van der Waals surface area (Å²) >= 11 is 0. The van der Waals surface area contributed by atoms with E-state index in [-0.39, 0.29) is 81.0 Å². The quantitative estimate of drug-likeness (QED) is 0.291. The van der Waals surface area contributed by atoms with Gasteiger partial charge in [0.2, 0.25) is 12.5 Å². The van der Waals surface area contributed by atoms with Gasteiger partial charge in [0.1, 0.15) is 18.3 Å². The number of nitrogens with one attached hydrogen (secondary N) is 1. The van der Waals surface area contributed by atoms with Crippen molar-refractivity contribution in [3.63, 3.8) is 0 Å². The van der Waals surface area contributed by atoms with Gasteiger partial charge in [0, 0.05) is 5.56 Å². The molecule has 4 aliphatic rings. The molecule has 12 heteroatoms. The van der Waals surface area contributed by atoms with Crippen LogP contribution in [0.3, 0.4) is 0 Å². The van der Waals surface area contributed by atoms with Crippen LogP contribution in [0, 0.1) is 0 Å². The molecule has 0 saturated carbocycles. The molecule has 0 radical (unpaired) electrons. The monoisotopic (exact) mass is 407 g/mol. The molecule has 1 unspecified atom stereocenters. The van der Waals surface area contributed by atoms with Gasteiger partial charge in [-0.3, -0.25) is 9.36 Å². The fourth-order valence-corrected chi connectivity index (χ4v) is 4.76. The summed E-state index contributed by atoms with van der Waals surface area (Å²) in [6.07, 6.45) is -2.15. The Balaban J connectivity index is 0.00000168. The summed E-state index contributed by atoms with van der Waals surface area (Å²) < 4.78 is 31.7. The van der Waals surface area contributed by atoms with Crippen LogP contribution in [0.25, 0.3) is 5.57 Å². The van der Waals surface area contributed by atoms with Crippen molar-refractivity contribution >= 4 is 19.3 Å². The van der Waals surface area contributed by atoms with E-state index in [9.17, 15) is 24.5 Å². The van der Waals surface area contributed by atoms with Gasteiger partial charge in [-0.15, -0.1) is 0 Å². The summed E-state index contributed by atoms with van der Waals surface area (Å²) in [6.45, 7) is -0.0977. The number of fused-ring (bicyclic) bond motifs is 6. The third kappa shape index (κ3) is 2.62. The van der Waals surface area contributed by atoms with E-state index < -0.39 is 38.1 Å². The largest absolute Gasteiger partial charge is 1.00 e. The molecule has 3 heterocycles. The number of amides is 1. The van der Waals surface area contributed by atoms with E-state index in [1.165, 1.54) is 12.1 Å². The van der Waals surface area contributed by atoms with Gasteiger partial charge in [0.05, 0.1) is 11.6 Å². The Hall–Kier alpha value is -0.464. The van der Waals surface area contributed by atoms with E-state index >= 15 is 0 Å². The van der Waals surface area contributed by atoms with Crippen molar-refractivity contribution in [3.8, 4) is 17.2 Å². The predicted octanol–water partition coefficient (Wildman–Crippen LogP) is -3.75. The number of phenols is 1. The molecule has 1 fully saturated rings. The second-order valence-electron chi connectivity index (χ2n) is 6.03. The Morgan fingerprint density at radius 3 is 2.77 bits per heavy atom. The first-order valence-electron chi connectivity index (χ1n) is 7.40. The van der Waals surface area contributed by atoms with Crippen LogP contribution in [0.2, 0.25) is 0 Å². The van der Waals surface area contributed by atoms with E-state index in [0.29, 0.717) is 11.1 Å². The second-order valence-corrected chi connectivity index (χ2v) is 7.35. The minimum absolute atomic E-state index is 0. The molecule has 1 aliphatic carbocycles. The number of phosphoric ester groups is 1. The molecule has 5 atom stereocenters. The molecule has 132 valence electrons. The molecule has 10 nitrogen and oxygen atoms in total. The van der Waals surface area contributed by atoms with Gasteiger partial charge in [-0.1, -0.05) is 0 Å². The Morgan fingerprint density at radius 2 is 2.00 bits per heavy atom. The molecular formula is C14H11KNO9P. The molecule has 1 aromatic carbocycles. The van der Waals surface area contributed by atoms with Gasteiger partial charge in [0.25, 0.3) is 13.7 Å². The SMILES string of the molecule is O=C1N[C@@H]2C(=C[C@H](O)[C@H]3OP(=O)([O-])O[C@H]32)c2cc3c(c(O)c21)OCO3.[K+]. The Morgan fingerprint density at radius 1 is 1.27 bits per heavy atom. The van der Waals surface area contributed by atoms with Crippen molar-refractivity contribution in [1.82, 2.24) is 5.32 Å². The summed E-state index contributed by atoms with van der Waals surface area (Å²) in [5.41, 5.74) is 0.674. The Labute approximate surface area is 189 Å². The molecule has 3 N–H and O–H groups in total. The molecule has 26 heavy (non-hydrogen) atoms. The van der Waals surface area contributed by atoms with Gasteiger partial charge in [-0.05, 0) is 17.7 Å². The normalized spacial score (nSPS) is 36.2. The van der Waals surface area contributed by atoms with Crippen molar-refractivity contribution in [1.29, 1.82) is 0 Å². The standard InChI is InChI=1S/C14H12NO9P.K/c16-6-1-5-4-2-7-12(22-3-21-7)10(17)8(4)14(18)15-9(5)13-11(6)23-25(19,20)24-13;/h1-2,6,9,11,13,16-17H,3H2,(H,15,18)(H,19,20);/q;+1/p-1/t6-,9+,11+,13-;/m0./s1. The molecule has 1 amide bonds. The number of phosphoric acid groups is 1. The van der Waals surface area contributed by atoms with Crippen molar-refractivity contribution in [2.75, 3.05) is 6.79 Å². The summed E-state index contributed by atoms with van der Waals surface area (Å²) in [5, 5.41) is 23.2. The fraction of sp³-hybridized carbons (Fsp3) is 0.357. The first-order chi connectivity index (χ1) is 11.9. The molecule has 5 rings (SSSR count). The van der Waals surface area contributed by atoms with Gasteiger partial charge >= 0.3 is 51.4 Å². The van der Waals surface area contributed by atoms with E-state index in [4.69, 9.17) is 18.5 Å². The van der Waals surface area contributed by atoms with Crippen LogP contribution in [0.5, 0.6) is 17.2 Å². The van der Waals surface area contributed by atoms with Crippen molar-refractivity contribution in [3.05, 3.63) is 23.3 Å².